The van der Waals surface area contributed by atoms with Crippen LogP contribution in [0.15, 0.2) is 29.0 Å². The first-order chi connectivity index (χ1) is 9.31. The van der Waals surface area contributed by atoms with Crippen molar-refractivity contribution in [1.82, 2.24) is 15.6 Å². The summed E-state index contributed by atoms with van der Waals surface area (Å²) in [6.45, 7) is 3.27. The van der Waals surface area contributed by atoms with Gasteiger partial charge in [0.25, 0.3) is 0 Å². The van der Waals surface area contributed by atoms with Crippen LogP contribution in [0.1, 0.15) is 18.4 Å². The van der Waals surface area contributed by atoms with Gasteiger partial charge in [-0.3, -0.25) is 0 Å². The Morgan fingerprint density at radius 1 is 1.32 bits per heavy atom. The van der Waals surface area contributed by atoms with Crippen LogP contribution in [0.25, 0.3) is 11.1 Å². The minimum atomic E-state index is 0.531. The second-order valence-corrected chi connectivity index (χ2v) is 5.61. The number of oxazole rings is 1. The molecule has 4 nitrogen and oxygen atoms in total. The van der Waals surface area contributed by atoms with Crippen LogP contribution in [0, 0.1) is 5.41 Å². The summed E-state index contributed by atoms with van der Waals surface area (Å²) in [5, 5.41) is 6.86. The van der Waals surface area contributed by atoms with E-state index in [2.05, 4.69) is 27.8 Å². The molecule has 4 heteroatoms. The van der Waals surface area contributed by atoms with Gasteiger partial charge in [-0.05, 0) is 56.0 Å². The van der Waals surface area contributed by atoms with Gasteiger partial charge >= 0.3 is 0 Å². The minimum absolute atomic E-state index is 0.531. The topological polar surface area (TPSA) is 50.1 Å². The number of rotatable bonds is 7. The van der Waals surface area contributed by atoms with Crippen LogP contribution in [0.5, 0.6) is 0 Å². The second kappa shape index (κ2) is 5.31. The average molecular weight is 259 g/mol. The third kappa shape index (κ3) is 2.96. The van der Waals surface area contributed by atoms with E-state index >= 15 is 0 Å². The molecule has 1 fully saturated rings. The smallest absolute Gasteiger partial charge is 0.181 e. The maximum Gasteiger partial charge on any atom is 0.181 e. The lowest BCUT2D eigenvalue weighted by Gasteiger charge is -2.15. The molecule has 0 unspecified atom stereocenters. The summed E-state index contributed by atoms with van der Waals surface area (Å²) < 4.78 is 5.32. The van der Waals surface area contributed by atoms with Crippen molar-refractivity contribution in [3.8, 4) is 0 Å². The largest absolute Gasteiger partial charge is 0.443 e. The molecule has 0 aliphatic heterocycles. The van der Waals surface area contributed by atoms with Crippen LogP contribution in [0.3, 0.4) is 0 Å². The van der Waals surface area contributed by atoms with E-state index in [1.165, 1.54) is 24.8 Å². The van der Waals surface area contributed by atoms with Gasteiger partial charge in [-0.1, -0.05) is 6.07 Å². The van der Waals surface area contributed by atoms with Crippen molar-refractivity contribution >= 4 is 11.1 Å². The Kier molecular flexibility index (Phi) is 3.53. The highest BCUT2D eigenvalue weighted by Crippen LogP contribution is 2.44. The summed E-state index contributed by atoms with van der Waals surface area (Å²) in [5.74, 6) is 0. The SMILES string of the molecule is CNCC1(CNCCc2ccc3ncoc3c2)CC1. The standard InChI is InChI=1S/C15H21N3O/c1-16-9-15(5-6-15)10-17-7-4-12-2-3-13-14(8-12)19-11-18-13/h2-3,8,11,16-17H,4-7,9-10H2,1H3. The molecule has 19 heavy (non-hydrogen) atoms. The minimum Gasteiger partial charge on any atom is -0.443 e. The van der Waals surface area contributed by atoms with E-state index in [4.69, 9.17) is 4.42 Å². The first-order valence-corrected chi connectivity index (χ1v) is 6.99. The first-order valence-electron chi connectivity index (χ1n) is 6.99. The summed E-state index contributed by atoms with van der Waals surface area (Å²) in [5.41, 5.74) is 3.65. The normalized spacial score (nSPS) is 16.9. The Morgan fingerprint density at radius 3 is 3.00 bits per heavy atom. The highest BCUT2D eigenvalue weighted by atomic mass is 16.3. The van der Waals surface area contributed by atoms with Crippen LogP contribution in [0.2, 0.25) is 0 Å². The summed E-state index contributed by atoms with van der Waals surface area (Å²) in [6.07, 6.45) is 5.24. The number of benzene rings is 1. The molecule has 1 aliphatic carbocycles. The highest BCUT2D eigenvalue weighted by Gasteiger charge is 2.41. The molecule has 2 N–H and O–H groups in total. The fraction of sp³-hybridized carbons (Fsp3) is 0.533. The van der Waals surface area contributed by atoms with Crippen molar-refractivity contribution in [2.75, 3.05) is 26.7 Å². The van der Waals surface area contributed by atoms with Gasteiger partial charge in [-0.15, -0.1) is 0 Å². The van der Waals surface area contributed by atoms with Gasteiger partial charge in [0.05, 0.1) is 0 Å². The van der Waals surface area contributed by atoms with Crippen LogP contribution in [-0.2, 0) is 6.42 Å². The number of hydrogen-bond donors (Lipinski definition) is 2. The molecule has 2 aromatic rings. The van der Waals surface area contributed by atoms with E-state index in [-0.39, 0.29) is 0 Å². The van der Waals surface area contributed by atoms with Gasteiger partial charge in [0.15, 0.2) is 12.0 Å². The fourth-order valence-electron chi connectivity index (χ4n) is 2.61. The molecule has 0 saturated heterocycles. The van der Waals surface area contributed by atoms with Crippen molar-refractivity contribution in [1.29, 1.82) is 0 Å². The summed E-state index contributed by atoms with van der Waals surface area (Å²) >= 11 is 0. The zero-order chi connectivity index (χ0) is 13.1. The fourth-order valence-corrected chi connectivity index (χ4v) is 2.61. The number of hydrogen-bond acceptors (Lipinski definition) is 4. The molecule has 3 rings (SSSR count). The quantitative estimate of drug-likeness (QED) is 0.746. The molecule has 1 saturated carbocycles. The molecule has 0 atom stereocenters. The summed E-state index contributed by atoms with van der Waals surface area (Å²) in [4.78, 5) is 4.13. The average Bonchev–Trinajstić information content (AvgIpc) is 3.02. The molecule has 1 aromatic heterocycles. The summed E-state index contributed by atoms with van der Waals surface area (Å²) in [7, 11) is 2.03. The van der Waals surface area contributed by atoms with Crippen LogP contribution in [0.4, 0.5) is 0 Å². The lowest BCUT2D eigenvalue weighted by molar-refractivity contribution is 0.441. The van der Waals surface area contributed by atoms with Crippen LogP contribution < -0.4 is 10.6 Å². The van der Waals surface area contributed by atoms with Gasteiger partial charge in [-0.2, -0.15) is 0 Å². The van der Waals surface area contributed by atoms with Gasteiger partial charge in [-0.25, -0.2) is 4.98 Å². The molecule has 102 valence electrons. The van der Waals surface area contributed by atoms with Gasteiger partial charge < -0.3 is 15.1 Å². The predicted molar refractivity (Wildman–Crippen MR) is 76.2 cm³/mol. The lowest BCUT2D eigenvalue weighted by Crippen LogP contribution is -2.32. The molecule has 1 aromatic carbocycles. The number of fused-ring (bicyclic) bond motifs is 1. The van der Waals surface area contributed by atoms with E-state index in [1.54, 1.807) is 0 Å². The molecular formula is C15H21N3O. The number of aromatic nitrogens is 1. The first kappa shape index (κ1) is 12.6. The molecule has 0 spiro atoms. The monoisotopic (exact) mass is 259 g/mol. The zero-order valence-electron chi connectivity index (χ0n) is 11.4. The van der Waals surface area contributed by atoms with Gasteiger partial charge in [0.2, 0.25) is 0 Å². The van der Waals surface area contributed by atoms with E-state index in [0.717, 1.165) is 37.2 Å². The van der Waals surface area contributed by atoms with E-state index in [9.17, 15) is 0 Å². The van der Waals surface area contributed by atoms with Crippen molar-refractivity contribution in [2.24, 2.45) is 5.41 Å². The summed E-state index contributed by atoms with van der Waals surface area (Å²) in [6, 6.07) is 6.25. The van der Waals surface area contributed by atoms with E-state index < -0.39 is 0 Å². The number of nitrogens with one attached hydrogen (secondary N) is 2. The number of nitrogens with zero attached hydrogens (tertiary/aromatic N) is 1. The van der Waals surface area contributed by atoms with Crippen molar-refractivity contribution in [3.63, 3.8) is 0 Å². The molecule has 0 radical (unpaired) electrons. The van der Waals surface area contributed by atoms with Crippen molar-refractivity contribution < 1.29 is 4.42 Å². The van der Waals surface area contributed by atoms with Crippen LogP contribution >= 0.6 is 0 Å². The Labute approximate surface area is 113 Å². The Bertz CT molecular complexity index is 545. The maximum atomic E-state index is 5.32. The Hall–Kier alpha value is -1.39. The maximum absolute atomic E-state index is 5.32. The van der Waals surface area contributed by atoms with Crippen molar-refractivity contribution in [2.45, 2.75) is 19.3 Å². The van der Waals surface area contributed by atoms with Gasteiger partial charge in [0, 0.05) is 13.1 Å². The molecular weight excluding hydrogens is 238 g/mol. The zero-order valence-corrected chi connectivity index (χ0v) is 11.4. The molecule has 1 heterocycles. The predicted octanol–water partition coefficient (Wildman–Crippen LogP) is 1.96. The van der Waals surface area contributed by atoms with Crippen molar-refractivity contribution in [3.05, 3.63) is 30.2 Å². The van der Waals surface area contributed by atoms with E-state index in [1.807, 2.05) is 13.1 Å². The third-order valence-corrected chi connectivity index (χ3v) is 4.00. The Morgan fingerprint density at radius 2 is 2.21 bits per heavy atom. The molecule has 0 bridgehead atoms. The van der Waals surface area contributed by atoms with E-state index in [0.29, 0.717) is 5.41 Å². The Balaban J connectivity index is 1.47. The van der Waals surface area contributed by atoms with Crippen LogP contribution in [-0.4, -0.2) is 31.7 Å². The molecule has 1 aliphatic rings. The third-order valence-electron chi connectivity index (χ3n) is 4.00. The highest BCUT2D eigenvalue weighted by molar-refractivity contribution is 5.72. The lowest BCUT2D eigenvalue weighted by atomic mass is 10.1. The second-order valence-electron chi connectivity index (χ2n) is 5.61. The van der Waals surface area contributed by atoms with Gasteiger partial charge in [0.1, 0.15) is 5.52 Å². The molecule has 0 amide bonds.